The standard InChI is InChI=1S/C21H23N3O/c1-5-23-14-24(19-12-7-6-11-18(19)23)13-20(25)22-21-16(4)9-8-10-17(21)15(2)3/h5-12,14-15H,1,13H2,2-4H3/p+1. The number of carbonyl (C=O) groups excluding carboxylic acids is 1. The van der Waals surface area contributed by atoms with E-state index < -0.39 is 0 Å². The number of aryl methyl sites for hydroxylation is 1. The third kappa shape index (κ3) is 3.33. The van der Waals surface area contributed by atoms with E-state index in [0.29, 0.717) is 5.92 Å². The van der Waals surface area contributed by atoms with Crippen molar-refractivity contribution in [2.45, 2.75) is 33.2 Å². The van der Waals surface area contributed by atoms with Gasteiger partial charge in [-0.05, 0) is 36.1 Å². The molecule has 0 radical (unpaired) electrons. The maximum Gasteiger partial charge on any atom is 0.266 e. The highest BCUT2D eigenvalue weighted by Crippen LogP contribution is 2.27. The number of carbonyl (C=O) groups is 1. The molecule has 0 spiro atoms. The van der Waals surface area contributed by atoms with Crippen molar-refractivity contribution in [2.24, 2.45) is 0 Å². The Morgan fingerprint density at radius 2 is 2.00 bits per heavy atom. The van der Waals surface area contributed by atoms with Crippen LogP contribution in [-0.4, -0.2) is 10.5 Å². The van der Waals surface area contributed by atoms with Gasteiger partial charge in [0.1, 0.15) is 0 Å². The first-order chi connectivity index (χ1) is 12.0. The number of hydrogen-bond donors (Lipinski definition) is 1. The van der Waals surface area contributed by atoms with Gasteiger partial charge in [-0.15, -0.1) is 0 Å². The number of hydrogen-bond acceptors (Lipinski definition) is 1. The van der Waals surface area contributed by atoms with E-state index in [1.54, 1.807) is 6.20 Å². The van der Waals surface area contributed by atoms with E-state index in [1.165, 1.54) is 0 Å². The highest BCUT2D eigenvalue weighted by molar-refractivity contribution is 5.92. The second-order valence-corrected chi connectivity index (χ2v) is 6.56. The summed E-state index contributed by atoms with van der Waals surface area (Å²) in [6.07, 6.45) is 3.65. The quantitative estimate of drug-likeness (QED) is 0.701. The fraction of sp³-hybridized carbons (Fsp3) is 0.238. The Hall–Kier alpha value is -2.88. The number of anilines is 1. The summed E-state index contributed by atoms with van der Waals surface area (Å²) in [5.41, 5.74) is 5.20. The molecule has 25 heavy (non-hydrogen) atoms. The molecule has 0 bridgehead atoms. The molecule has 3 rings (SSSR count). The van der Waals surface area contributed by atoms with E-state index >= 15 is 0 Å². The third-order valence-corrected chi connectivity index (χ3v) is 4.44. The van der Waals surface area contributed by atoms with Crippen LogP contribution < -0.4 is 9.88 Å². The van der Waals surface area contributed by atoms with Crippen molar-refractivity contribution in [1.82, 2.24) is 4.57 Å². The van der Waals surface area contributed by atoms with Crippen molar-refractivity contribution in [3.05, 3.63) is 66.5 Å². The molecular formula is C21H24N3O+. The number of nitrogens with one attached hydrogen (secondary N) is 1. The van der Waals surface area contributed by atoms with Crippen LogP contribution in [0.25, 0.3) is 17.2 Å². The van der Waals surface area contributed by atoms with Crippen molar-refractivity contribution < 1.29 is 9.36 Å². The summed E-state index contributed by atoms with van der Waals surface area (Å²) in [5.74, 6) is 0.318. The average Bonchev–Trinajstić information content (AvgIpc) is 2.94. The summed E-state index contributed by atoms with van der Waals surface area (Å²) in [6.45, 7) is 10.4. The van der Waals surface area contributed by atoms with E-state index in [0.717, 1.165) is 27.8 Å². The summed E-state index contributed by atoms with van der Waals surface area (Å²) < 4.78 is 3.87. The van der Waals surface area contributed by atoms with Crippen LogP contribution in [0.1, 0.15) is 30.9 Å². The van der Waals surface area contributed by atoms with Gasteiger partial charge in [0, 0.05) is 5.69 Å². The number of imidazole rings is 1. The van der Waals surface area contributed by atoms with E-state index in [-0.39, 0.29) is 12.5 Å². The minimum absolute atomic E-state index is 0.0341. The topological polar surface area (TPSA) is 37.9 Å². The second kappa shape index (κ2) is 6.93. The first-order valence-electron chi connectivity index (χ1n) is 8.52. The fourth-order valence-electron chi connectivity index (χ4n) is 3.15. The Morgan fingerprint density at radius 1 is 1.24 bits per heavy atom. The molecule has 0 aliphatic heterocycles. The van der Waals surface area contributed by atoms with E-state index in [4.69, 9.17) is 0 Å². The number of nitrogens with zero attached hydrogens (tertiary/aromatic N) is 2. The molecule has 0 aliphatic carbocycles. The lowest BCUT2D eigenvalue weighted by molar-refractivity contribution is -0.658. The van der Waals surface area contributed by atoms with Gasteiger partial charge in [0.2, 0.25) is 6.33 Å². The minimum atomic E-state index is -0.0341. The van der Waals surface area contributed by atoms with Crippen molar-refractivity contribution in [3.8, 4) is 0 Å². The smallest absolute Gasteiger partial charge is 0.266 e. The molecule has 0 saturated heterocycles. The zero-order chi connectivity index (χ0) is 18.0. The molecule has 4 heteroatoms. The summed E-state index contributed by atoms with van der Waals surface area (Å²) in [7, 11) is 0. The highest BCUT2D eigenvalue weighted by atomic mass is 16.1. The monoisotopic (exact) mass is 334 g/mol. The summed E-state index contributed by atoms with van der Waals surface area (Å²) in [4.78, 5) is 12.7. The van der Waals surface area contributed by atoms with Crippen LogP contribution in [0.2, 0.25) is 0 Å². The van der Waals surface area contributed by atoms with E-state index in [9.17, 15) is 4.79 Å². The first kappa shape index (κ1) is 17.0. The summed E-state index contributed by atoms with van der Waals surface area (Å²) in [5, 5.41) is 3.11. The molecule has 0 unspecified atom stereocenters. The maximum absolute atomic E-state index is 12.7. The Bertz CT molecular complexity index is 937. The first-order valence-corrected chi connectivity index (χ1v) is 8.52. The summed E-state index contributed by atoms with van der Waals surface area (Å²) >= 11 is 0. The molecular weight excluding hydrogens is 310 g/mol. The predicted octanol–water partition coefficient (Wildman–Crippen LogP) is 4.10. The number of aromatic nitrogens is 2. The zero-order valence-electron chi connectivity index (χ0n) is 15.0. The molecule has 1 N–H and O–H groups in total. The molecule has 0 saturated carbocycles. The molecule has 128 valence electrons. The number of fused-ring (bicyclic) bond motifs is 1. The molecule has 4 nitrogen and oxygen atoms in total. The summed E-state index contributed by atoms with van der Waals surface area (Å²) in [6, 6.07) is 14.1. The SMILES string of the molecule is C=Cn1c[n+](CC(=O)Nc2c(C)cccc2C(C)C)c2ccccc21. The maximum atomic E-state index is 12.7. The number of para-hydroxylation sites is 3. The van der Waals surface area contributed by atoms with Gasteiger partial charge in [0.15, 0.2) is 17.6 Å². The second-order valence-electron chi connectivity index (χ2n) is 6.56. The number of benzene rings is 2. The van der Waals surface area contributed by atoms with E-state index in [1.807, 2.05) is 58.8 Å². The van der Waals surface area contributed by atoms with Gasteiger partial charge in [-0.1, -0.05) is 50.8 Å². The van der Waals surface area contributed by atoms with Gasteiger partial charge in [-0.2, -0.15) is 0 Å². The Labute approximate surface area is 148 Å². The molecule has 2 aromatic carbocycles. The lowest BCUT2D eigenvalue weighted by Gasteiger charge is -2.16. The predicted molar refractivity (Wildman–Crippen MR) is 102 cm³/mol. The molecule has 1 aromatic heterocycles. The fourth-order valence-corrected chi connectivity index (χ4v) is 3.15. The Kier molecular flexibility index (Phi) is 4.70. The lowest BCUT2D eigenvalue weighted by Crippen LogP contribution is -2.39. The third-order valence-electron chi connectivity index (χ3n) is 4.44. The number of rotatable bonds is 5. The van der Waals surface area contributed by atoms with Crippen LogP contribution >= 0.6 is 0 Å². The van der Waals surface area contributed by atoms with Gasteiger partial charge in [-0.3, -0.25) is 4.79 Å². The van der Waals surface area contributed by atoms with E-state index in [2.05, 4.69) is 31.8 Å². The molecule has 0 fully saturated rings. The van der Waals surface area contributed by atoms with Gasteiger partial charge in [-0.25, -0.2) is 9.13 Å². The van der Waals surface area contributed by atoms with Crippen LogP contribution in [0.3, 0.4) is 0 Å². The molecule has 1 amide bonds. The van der Waals surface area contributed by atoms with Crippen LogP contribution in [0.4, 0.5) is 5.69 Å². The Morgan fingerprint density at radius 3 is 2.72 bits per heavy atom. The normalized spacial score (nSPS) is 11.0. The lowest BCUT2D eigenvalue weighted by atomic mass is 9.98. The Balaban J connectivity index is 1.89. The zero-order valence-corrected chi connectivity index (χ0v) is 15.0. The van der Waals surface area contributed by atoms with Gasteiger partial charge in [0.05, 0.1) is 6.20 Å². The van der Waals surface area contributed by atoms with Gasteiger partial charge in [0.25, 0.3) is 5.91 Å². The van der Waals surface area contributed by atoms with Crippen LogP contribution in [0.5, 0.6) is 0 Å². The highest BCUT2D eigenvalue weighted by Gasteiger charge is 2.18. The molecule has 3 aromatic rings. The molecule has 0 aliphatic rings. The van der Waals surface area contributed by atoms with Crippen LogP contribution in [0, 0.1) is 6.92 Å². The van der Waals surface area contributed by atoms with Crippen molar-refractivity contribution in [1.29, 1.82) is 0 Å². The van der Waals surface area contributed by atoms with Crippen LogP contribution in [-0.2, 0) is 11.3 Å². The molecule has 0 atom stereocenters. The van der Waals surface area contributed by atoms with Crippen LogP contribution in [0.15, 0.2) is 55.4 Å². The average molecular weight is 334 g/mol. The largest absolute Gasteiger partial charge is 0.322 e. The molecule has 1 heterocycles. The van der Waals surface area contributed by atoms with Gasteiger partial charge >= 0.3 is 0 Å². The minimum Gasteiger partial charge on any atom is -0.322 e. The number of amides is 1. The van der Waals surface area contributed by atoms with Crippen molar-refractivity contribution in [3.63, 3.8) is 0 Å². The van der Waals surface area contributed by atoms with Gasteiger partial charge < -0.3 is 5.32 Å². The van der Waals surface area contributed by atoms with Crippen molar-refractivity contribution >= 4 is 28.8 Å². The van der Waals surface area contributed by atoms with Crippen molar-refractivity contribution in [2.75, 3.05) is 5.32 Å².